The zero-order valence-corrected chi connectivity index (χ0v) is 12.6. The minimum atomic E-state index is 1.88. The van der Waals surface area contributed by atoms with E-state index in [1.807, 2.05) is 127 Å². The Labute approximate surface area is 134 Å². The molecule has 0 saturated carbocycles. The van der Waals surface area contributed by atoms with Gasteiger partial charge in [-0.05, 0) is 6.07 Å². The van der Waals surface area contributed by atoms with Gasteiger partial charge in [0.25, 0.3) is 0 Å². The van der Waals surface area contributed by atoms with Crippen LogP contribution >= 0.6 is 0 Å². The van der Waals surface area contributed by atoms with Gasteiger partial charge in [-0.2, -0.15) is 0 Å². The summed E-state index contributed by atoms with van der Waals surface area (Å²) in [6.45, 7) is 0. The molecule has 0 N–H and O–H groups in total. The molecule has 0 amide bonds. The van der Waals surface area contributed by atoms with Crippen LogP contribution in [0.25, 0.3) is 0 Å². The molecule has 0 aromatic heterocycles. The fourth-order valence-corrected chi connectivity index (χ4v) is 1.37. The minimum Gasteiger partial charge on any atom is -0.0623 e. The maximum Gasteiger partial charge on any atom is -0.0184 e. The smallest absolute Gasteiger partial charge is 0.0184 e. The second-order valence-corrected chi connectivity index (χ2v) is 4.16. The number of rotatable bonds is 0. The molecule has 1 radical (unpaired) electrons. The Morgan fingerprint density at radius 2 is 0.409 bits per heavy atom. The van der Waals surface area contributed by atoms with Crippen LogP contribution in [0.5, 0.6) is 0 Å². The summed E-state index contributed by atoms with van der Waals surface area (Å²) >= 11 is 0. The molecule has 0 unspecified atom stereocenters. The van der Waals surface area contributed by atoms with E-state index in [9.17, 15) is 0 Å². The van der Waals surface area contributed by atoms with E-state index >= 15 is 0 Å². The normalized spacial score (nSPS) is 8.00. The van der Waals surface area contributed by atoms with E-state index in [0.717, 1.165) is 0 Å². The quantitative estimate of drug-likeness (QED) is 0.549. The molecule has 1 aromatic rings. The average Bonchev–Trinajstić information content (AvgIpc) is 2.53. The van der Waals surface area contributed by atoms with Gasteiger partial charge >= 0.3 is 0 Å². The van der Waals surface area contributed by atoms with E-state index in [4.69, 9.17) is 0 Å². The van der Waals surface area contributed by atoms with E-state index in [1.54, 1.807) is 0 Å². The minimum absolute atomic E-state index is 1.88. The highest BCUT2D eigenvalue weighted by molar-refractivity contribution is 5.00. The fraction of sp³-hybridized carbons (Fsp3) is 0. The highest BCUT2D eigenvalue weighted by Gasteiger charge is 1.59. The molecule has 1 aromatic carbocycles. The van der Waals surface area contributed by atoms with Crippen LogP contribution in [0.3, 0.4) is 0 Å². The second-order valence-electron chi connectivity index (χ2n) is 4.16. The molecule has 0 fully saturated rings. The highest BCUT2D eigenvalue weighted by Crippen LogP contribution is 1.81. The first-order valence-electron chi connectivity index (χ1n) is 7.24. The summed E-state index contributed by atoms with van der Waals surface area (Å²) in [6, 6.07) is 44.5. The molecule has 22 heavy (non-hydrogen) atoms. The molecule has 0 atom stereocenters. The lowest BCUT2D eigenvalue weighted by atomic mass is 10.4. The monoisotopic (exact) mass is 285 g/mol. The molecule has 0 aliphatic heterocycles. The van der Waals surface area contributed by atoms with Crippen LogP contribution in [0.2, 0.25) is 0 Å². The van der Waals surface area contributed by atoms with Gasteiger partial charge in [0.05, 0.1) is 0 Å². The zero-order chi connectivity index (χ0) is 15.6. The third kappa shape index (κ3) is 12.2. The molecule has 0 aliphatic carbocycles. The summed E-state index contributed by atoms with van der Waals surface area (Å²) in [5.74, 6) is 0. The molecule has 0 heteroatoms. The zero-order valence-electron chi connectivity index (χ0n) is 12.6. The van der Waals surface area contributed by atoms with Gasteiger partial charge in [-0.15, -0.1) is 0 Å². The van der Waals surface area contributed by atoms with Crippen LogP contribution in [0.15, 0.2) is 127 Å². The van der Waals surface area contributed by atoms with Crippen molar-refractivity contribution in [3.05, 3.63) is 133 Å². The lowest BCUT2D eigenvalue weighted by Gasteiger charge is -1.69. The Bertz CT molecular complexity index is 372. The average molecular weight is 285 g/mol. The standard InChI is InChI=1S/C22H21/c1-2-4-6-8-10-12-14-16-18-20-22-21-19-17-15-13-11-9-7-5-3-1/h1-21H. The maximum absolute atomic E-state index is 3.06. The molecule has 0 nitrogen and oxygen atoms in total. The van der Waals surface area contributed by atoms with Gasteiger partial charge in [-0.3, -0.25) is 0 Å². The summed E-state index contributed by atoms with van der Waals surface area (Å²) < 4.78 is 0. The van der Waals surface area contributed by atoms with Crippen molar-refractivity contribution in [2.75, 3.05) is 0 Å². The predicted molar refractivity (Wildman–Crippen MR) is 95.8 cm³/mol. The molecule has 109 valence electrons. The Kier molecular flexibility index (Phi) is 11.4. The Morgan fingerprint density at radius 1 is 0.227 bits per heavy atom. The van der Waals surface area contributed by atoms with Crippen molar-refractivity contribution in [3.8, 4) is 0 Å². The van der Waals surface area contributed by atoms with Gasteiger partial charge < -0.3 is 0 Å². The van der Waals surface area contributed by atoms with E-state index < -0.39 is 0 Å². The third-order valence-corrected chi connectivity index (χ3v) is 2.38. The summed E-state index contributed by atoms with van der Waals surface area (Å²) in [6.07, 6.45) is 0. The molecule has 0 bridgehead atoms. The fourth-order valence-electron chi connectivity index (χ4n) is 1.37. The summed E-state index contributed by atoms with van der Waals surface area (Å²) in [5.41, 5.74) is 0. The summed E-state index contributed by atoms with van der Waals surface area (Å²) in [5, 5.41) is 0. The number of hydrogen-bond acceptors (Lipinski definition) is 0. The molecule has 0 heterocycles. The van der Waals surface area contributed by atoms with Crippen molar-refractivity contribution in [1.82, 2.24) is 0 Å². The van der Waals surface area contributed by atoms with Crippen LogP contribution in [-0.4, -0.2) is 0 Å². The first-order valence-corrected chi connectivity index (χ1v) is 7.24. The van der Waals surface area contributed by atoms with Crippen LogP contribution in [-0.2, 0) is 0 Å². The Balaban J connectivity index is 3.00. The Morgan fingerprint density at radius 3 is 0.636 bits per heavy atom. The lowest BCUT2D eigenvalue weighted by molar-refractivity contribution is 1.71. The topological polar surface area (TPSA) is 0 Å². The largest absolute Gasteiger partial charge is 0.0623 e. The molecule has 0 aliphatic rings. The first kappa shape index (κ1) is 17.2. The SMILES string of the molecule is [c]1ccccccccccccccccccccc1. The molecule has 0 spiro atoms. The van der Waals surface area contributed by atoms with Crippen molar-refractivity contribution in [2.45, 2.75) is 0 Å². The van der Waals surface area contributed by atoms with Crippen LogP contribution in [0.1, 0.15) is 0 Å². The van der Waals surface area contributed by atoms with Crippen LogP contribution in [0.4, 0.5) is 0 Å². The molecular formula is C22H21. The van der Waals surface area contributed by atoms with Crippen molar-refractivity contribution >= 4 is 0 Å². The summed E-state index contributed by atoms with van der Waals surface area (Å²) in [4.78, 5) is 0. The van der Waals surface area contributed by atoms with E-state index in [2.05, 4.69) is 6.07 Å². The summed E-state index contributed by atoms with van der Waals surface area (Å²) in [7, 11) is 0. The van der Waals surface area contributed by atoms with Gasteiger partial charge in [-0.1, -0.05) is 127 Å². The van der Waals surface area contributed by atoms with Gasteiger partial charge in [0.15, 0.2) is 0 Å². The van der Waals surface area contributed by atoms with Crippen molar-refractivity contribution in [3.63, 3.8) is 0 Å². The molecule has 0 saturated heterocycles. The molecule has 1 rings (SSSR count). The third-order valence-electron chi connectivity index (χ3n) is 2.38. The second kappa shape index (κ2) is 14.5. The van der Waals surface area contributed by atoms with Gasteiger partial charge in [-0.25, -0.2) is 0 Å². The van der Waals surface area contributed by atoms with Gasteiger partial charge in [0.2, 0.25) is 0 Å². The Hall–Kier alpha value is -2.86. The van der Waals surface area contributed by atoms with E-state index in [-0.39, 0.29) is 0 Å². The molecular weight excluding hydrogens is 264 g/mol. The van der Waals surface area contributed by atoms with E-state index in [1.165, 1.54) is 0 Å². The maximum atomic E-state index is 3.06. The van der Waals surface area contributed by atoms with Gasteiger partial charge in [0, 0.05) is 0 Å². The predicted octanol–water partition coefficient (Wildman–Crippen LogP) is 5.98. The van der Waals surface area contributed by atoms with Crippen molar-refractivity contribution in [1.29, 1.82) is 0 Å². The van der Waals surface area contributed by atoms with E-state index in [0.29, 0.717) is 0 Å². The van der Waals surface area contributed by atoms with Crippen molar-refractivity contribution in [2.24, 2.45) is 0 Å². The van der Waals surface area contributed by atoms with Crippen LogP contribution in [0, 0.1) is 6.07 Å². The highest BCUT2D eigenvalue weighted by atomic mass is 13.7. The first-order chi connectivity index (χ1) is 11.0. The van der Waals surface area contributed by atoms with Crippen LogP contribution < -0.4 is 0 Å². The van der Waals surface area contributed by atoms with Crippen molar-refractivity contribution < 1.29 is 0 Å². The number of hydrogen-bond donors (Lipinski definition) is 0. The van der Waals surface area contributed by atoms with Gasteiger partial charge in [0.1, 0.15) is 0 Å². The lowest BCUT2D eigenvalue weighted by Crippen LogP contribution is -1.48.